The van der Waals surface area contributed by atoms with E-state index in [-0.39, 0.29) is 11.5 Å². The summed E-state index contributed by atoms with van der Waals surface area (Å²) < 4.78 is 11.7. The molecule has 5 aromatic rings. The molecule has 0 atom stereocenters. The minimum Gasteiger partial charge on any atom is -0.493 e. The number of rotatable bonds is 7. The molecule has 0 bridgehead atoms. The van der Waals surface area contributed by atoms with E-state index in [0.29, 0.717) is 33.6 Å². The van der Waals surface area contributed by atoms with Crippen LogP contribution in [0.4, 0.5) is 10.8 Å². The van der Waals surface area contributed by atoms with Crippen molar-refractivity contribution in [3.8, 4) is 17.0 Å². The van der Waals surface area contributed by atoms with Crippen molar-refractivity contribution in [1.29, 1.82) is 0 Å². The van der Waals surface area contributed by atoms with E-state index in [4.69, 9.17) is 19.1 Å². The maximum Gasteiger partial charge on any atom is 0.262 e. The summed E-state index contributed by atoms with van der Waals surface area (Å²) in [4.78, 5) is 24.3. The summed E-state index contributed by atoms with van der Waals surface area (Å²) in [5.41, 5.74) is 6.00. The van der Waals surface area contributed by atoms with Crippen molar-refractivity contribution in [3.63, 3.8) is 0 Å². The van der Waals surface area contributed by atoms with Crippen LogP contribution < -0.4 is 15.6 Å². The van der Waals surface area contributed by atoms with E-state index in [9.17, 15) is 4.79 Å². The zero-order valence-electron chi connectivity index (χ0n) is 22.7. The number of benzene rings is 3. The highest BCUT2D eigenvalue weighted by Gasteiger charge is 2.19. The quantitative estimate of drug-likeness (QED) is 0.228. The van der Waals surface area contributed by atoms with Gasteiger partial charge >= 0.3 is 0 Å². The molecule has 0 aliphatic carbocycles. The summed E-state index contributed by atoms with van der Waals surface area (Å²) in [6.07, 6.45) is 0.813. The van der Waals surface area contributed by atoms with Crippen LogP contribution in [0.5, 0.6) is 5.75 Å². The molecule has 0 unspecified atom stereocenters. The molecule has 0 aliphatic rings. The van der Waals surface area contributed by atoms with Crippen LogP contribution in [0.2, 0.25) is 0 Å². The topological polar surface area (TPSA) is 76.7 Å². The number of thiazole rings is 1. The van der Waals surface area contributed by atoms with Gasteiger partial charge in [0.25, 0.3) is 5.91 Å². The van der Waals surface area contributed by atoms with E-state index in [1.165, 1.54) is 16.9 Å². The van der Waals surface area contributed by atoms with Crippen molar-refractivity contribution in [2.75, 3.05) is 12.4 Å². The molecule has 1 N–H and O–H groups in total. The molecule has 0 aliphatic heterocycles. The van der Waals surface area contributed by atoms with Gasteiger partial charge < -0.3 is 9.15 Å². The Morgan fingerprint density at radius 2 is 1.85 bits per heavy atom. The molecular formula is C32H31N3O3S. The van der Waals surface area contributed by atoms with E-state index >= 15 is 0 Å². The van der Waals surface area contributed by atoms with E-state index in [0.717, 1.165) is 33.5 Å². The van der Waals surface area contributed by atoms with Gasteiger partial charge in [0, 0.05) is 15.8 Å². The first-order chi connectivity index (χ1) is 18.9. The fraction of sp³-hybridized carbons (Fsp3) is 0.219. The normalized spacial score (nSPS) is 11.8. The second kappa shape index (κ2) is 11.3. The first-order valence-electron chi connectivity index (χ1n) is 13.0. The maximum atomic E-state index is 13.7. The lowest BCUT2D eigenvalue weighted by Crippen LogP contribution is -2.21. The van der Waals surface area contributed by atoms with Crippen LogP contribution >= 0.6 is 11.3 Å². The lowest BCUT2D eigenvalue weighted by molar-refractivity contribution is 0.102. The predicted molar refractivity (Wildman–Crippen MR) is 158 cm³/mol. The number of anilines is 1. The summed E-state index contributed by atoms with van der Waals surface area (Å²) in [7, 11) is 1.59. The van der Waals surface area contributed by atoms with E-state index in [2.05, 4.69) is 50.4 Å². The highest BCUT2D eigenvalue weighted by atomic mass is 32.1. The largest absolute Gasteiger partial charge is 0.493 e. The van der Waals surface area contributed by atoms with Gasteiger partial charge in [0.2, 0.25) is 5.55 Å². The number of nitrogens with zero attached hydrogens (tertiary/aromatic N) is 2. The molecule has 1 amide bonds. The number of aryl methyl sites for hydroxylation is 2. The number of hydrogen-bond acceptors (Lipinski definition) is 6. The zero-order chi connectivity index (χ0) is 27.5. The average molecular weight is 538 g/mol. The Kier molecular flexibility index (Phi) is 7.61. The van der Waals surface area contributed by atoms with Crippen LogP contribution in [-0.4, -0.2) is 18.0 Å². The number of nitrogens with one attached hydrogen (secondary N) is 1. The zero-order valence-corrected chi connectivity index (χ0v) is 23.6. The number of carbonyl (C=O) groups is 1. The highest BCUT2D eigenvalue weighted by Crippen LogP contribution is 2.33. The molecule has 2 aromatic heterocycles. The van der Waals surface area contributed by atoms with Crippen molar-refractivity contribution < 1.29 is 13.9 Å². The summed E-state index contributed by atoms with van der Waals surface area (Å²) in [6.45, 7) is 8.45. The van der Waals surface area contributed by atoms with Gasteiger partial charge in [-0.2, -0.15) is 0 Å². The Labute approximate surface area is 232 Å². The smallest absolute Gasteiger partial charge is 0.262 e. The predicted octanol–water partition coefficient (Wildman–Crippen LogP) is 8.04. The van der Waals surface area contributed by atoms with Crippen LogP contribution in [0.25, 0.3) is 22.2 Å². The van der Waals surface area contributed by atoms with E-state index in [1.54, 1.807) is 13.2 Å². The molecule has 6 nitrogen and oxygen atoms in total. The minimum absolute atomic E-state index is 0.201. The van der Waals surface area contributed by atoms with Crippen molar-refractivity contribution in [2.24, 2.45) is 4.99 Å². The Balaban J connectivity index is 1.56. The fourth-order valence-electron chi connectivity index (χ4n) is 4.41. The average Bonchev–Trinajstić information content (AvgIpc) is 3.35. The van der Waals surface area contributed by atoms with Gasteiger partial charge in [0.15, 0.2) is 16.5 Å². The minimum atomic E-state index is -0.340. The van der Waals surface area contributed by atoms with Crippen LogP contribution in [0.3, 0.4) is 0 Å². The van der Waals surface area contributed by atoms with E-state index < -0.39 is 0 Å². The van der Waals surface area contributed by atoms with Gasteiger partial charge in [-0.25, -0.2) is 9.98 Å². The number of methoxy groups -OCH3 is 1. The third-order valence-corrected chi connectivity index (χ3v) is 7.64. The molecule has 0 radical (unpaired) electrons. The van der Waals surface area contributed by atoms with Crippen molar-refractivity contribution in [3.05, 3.63) is 99.9 Å². The second-order valence-electron chi connectivity index (χ2n) is 9.67. The monoisotopic (exact) mass is 537 g/mol. The third-order valence-electron chi connectivity index (χ3n) is 6.52. The van der Waals surface area contributed by atoms with Gasteiger partial charge in [0.1, 0.15) is 5.56 Å². The van der Waals surface area contributed by atoms with Crippen molar-refractivity contribution in [2.45, 2.75) is 40.0 Å². The standard InChI is InChI=1S/C32H31N3O3S/c1-6-27-28(22-15-13-21(14-16-22)19(2)3)34-32(39-27)35-30(36)25-18-23-10-8-12-26(37-5)29(23)38-31(25)33-24-11-7-9-20(4)17-24/h7-19H,6H2,1-5H3,(H,34,35,36). The lowest BCUT2D eigenvalue weighted by Gasteiger charge is -2.08. The van der Waals surface area contributed by atoms with Gasteiger partial charge in [-0.15, -0.1) is 11.3 Å². The molecule has 5 rings (SSSR count). The number of hydrogen-bond donors (Lipinski definition) is 1. The molecular weight excluding hydrogens is 506 g/mol. The van der Waals surface area contributed by atoms with E-state index in [1.807, 2.05) is 49.4 Å². The summed E-state index contributed by atoms with van der Waals surface area (Å²) in [5, 5.41) is 4.27. The van der Waals surface area contributed by atoms with Gasteiger partial charge in [-0.05, 0) is 54.7 Å². The molecule has 7 heteroatoms. The highest BCUT2D eigenvalue weighted by molar-refractivity contribution is 7.16. The second-order valence-corrected chi connectivity index (χ2v) is 10.8. The Bertz CT molecular complexity index is 1720. The molecule has 0 spiro atoms. The van der Waals surface area contributed by atoms with Crippen LogP contribution in [-0.2, 0) is 6.42 Å². The molecule has 0 fully saturated rings. The van der Waals surface area contributed by atoms with Crippen LogP contribution in [0.1, 0.15) is 53.1 Å². The summed E-state index contributed by atoms with van der Waals surface area (Å²) in [5.74, 6) is 0.690. The molecule has 0 saturated carbocycles. The Hall–Kier alpha value is -4.23. The van der Waals surface area contributed by atoms with Crippen LogP contribution in [0.15, 0.2) is 82.2 Å². The molecule has 3 aromatic carbocycles. The Morgan fingerprint density at radius 1 is 1.08 bits per heavy atom. The molecule has 2 heterocycles. The number of carbonyl (C=O) groups excluding carboxylic acids is 1. The lowest BCUT2D eigenvalue weighted by atomic mass is 10.0. The summed E-state index contributed by atoms with van der Waals surface area (Å²) >= 11 is 1.49. The number of aromatic nitrogens is 1. The van der Waals surface area contributed by atoms with Gasteiger partial charge in [-0.3, -0.25) is 10.1 Å². The SMILES string of the molecule is CCc1sc(NC(=O)c2cc3cccc(OC)c3oc2=Nc2cccc(C)c2)nc1-c1ccc(C(C)C)cc1. The van der Waals surface area contributed by atoms with Gasteiger partial charge in [-0.1, -0.05) is 69.3 Å². The van der Waals surface area contributed by atoms with Crippen LogP contribution in [0, 0.1) is 6.92 Å². The number of para-hydroxylation sites is 1. The number of ether oxygens (including phenoxy) is 1. The molecule has 198 valence electrons. The number of fused-ring (bicyclic) bond motifs is 1. The molecule has 39 heavy (non-hydrogen) atoms. The third kappa shape index (κ3) is 5.64. The Morgan fingerprint density at radius 3 is 2.54 bits per heavy atom. The number of amides is 1. The summed E-state index contributed by atoms with van der Waals surface area (Å²) in [6, 6.07) is 23.6. The maximum absolute atomic E-state index is 13.7. The van der Waals surface area contributed by atoms with Crippen molar-refractivity contribution in [1.82, 2.24) is 4.98 Å². The first kappa shape index (κ1) is 26.4. The molecule has 0 saturated heterocycles. The van der Waals surface area contributed by atoms with Gasteiger partial charge in [0.05, 0.1) is 18.5 Å². The van der Waals surface area contributed by atoms with Crippen molar-refractivity contribution >= 4 is 39.0 Å². The fourth-order valence-corrected chi connectivity index (χ4v) is 5.33. The first-order valence-corrected chi connectivity index (χ1v) is 13.8.